The summed E-state index contributed by atoms with van der Waals surface area (Å²) in [6.07, 6.45) is 5.64. The number of thiophene rings is 1. The molecular weight excluding hydrogens is 438 g/mol. The number of nitrogens with zero attached hydrogens (tertiary/aromatic N) is 1. The van der Waals surface area contributed by atoms with Crippen molar-refractivity contribution in [3.63, 3.8) is 0 Å². The van der Waals surface area contributed by atoms with Gasteiger partial charge in [-0.1, -0.05) is 37.1 Å². The molecule has 0 bridgehead atoms. The van der Waals surface area contributed by atoms with E-state index in [9.17, 15) is 14.4 Å². The highest BCUT2D eigenvalue weighted by molar-refractivity contribution is 7.12. The molecule has 0 saturated heterocycles. The molecule has 3 rings (SSSR count). The Labute approximate surface area is 198 Å². The molecule has 1 aromatic carbocycles. The largest absolute Gasteiger partial charge is 0.494 e. The van der Waals surface area contributed by atoms with Gasteiger partial charge < -0.3 is 20.3 Å². The lowest BCUT2D eigenvalue weighted by Gasteiger charge is -2.31. The fraction of sp³-hybridized carbons (Fsp3) is 0.400. The Kier molecular flexibility index (Phi) is 9.06. The number of ether oxygens (including phenoxy) is 1. The van der Waals surface area contributed by atoms with E-state index in [0.717, 1.165) is 25.7 Å². The number of amides is 3. The first-order chi connectivity index (χ1) is 16.0. The number of benzene rings is 1. The molecule has 1 heterocycles. The smallest absolute Gasteiger partial charge is 0.261 e. The van der Waals surface area contributed by atoms with Crippen LogP contribution in [0.5, 0.6) is 5.75 Å². The van der Waals surface area contributed by atoms with Crippen LogP contribution >= 0.6 is 11.3 Å². The Bertz CT molecular complexity index is 937. The SMILES string of the molecule is C=CCN(C(=O)CNC(=O)c1cccs1)[C@H](C(=O)NC1CCCC1)c1ccc(OCC)cc1. The molecule has 33 heavy (non-hydrogen) atoms. The lowest BCUT2D eigenvalue weighted by atomic mass is 10.0. The van der Waals surface area contributed by atoms with Crippen LogP contribution in [0.4, 0.5) is 0 Å². The minimum absolute atomic E-state index is 0.113. The molecule has 0 radical (unpaired) electrons. The summed E-state index contributed by atoms with van der Waals surface area (Å²) >= 11 is 1.30. The summed E-state index contributed by atoms with van der Waals surface area (Å²) in [4.78, 5) is 40.9. The van der Waals surface area contributed by atoms with E-state index >= 15 is 0 Å². The molecule has 1 aliphatic carbocycles. The van der Waals surface area contributed by atoms with Crippen LogP contribution in [0.2, 0.25) is 0 Å². The van der Waals surface area contributed by atoms with Gasteiger partial charge in [-0.3, -0.25) is 14.4 Å². The topological polar surface area (TPSA) is 87.7 Å². The van der Waals surface area contributed by atoms with Crippen LogP contribution in [0.1, 0.15) is 53.9 Å². The minimum Gasteiger partial charge on any atom is -0.494 e. The fourth-order valence-corrected chi connectivity index (χ4v) is 4.62. The maximum atomic E-state index is 13.4. The first-order valence-electron chi connectivity index (χ1n) is 11.3. The van der Waals surface area contributed by atoms with Crippen molar-refractivity contribution in [1.29, 1.82) is 0 Å². The summed E-state index contributed by atoms with van der Waals surface area (Å²) in [5.74, 6) is -0.211. The highest BCUT2D eigenvalue weighted by Crippen LogP contribution is 2.26. The van der Waals surface area contributed by atoms with Crippen LogP contribution in [0, 0.1) is 0 Å². The zero-order valence-corrected chi connectivity index (χ0v) is 19.7. The van der Waals surface area contributed by atoms with Crippen LogP contribution in [0.15, 0.2) is 54.4 Å². The highest BCUT2D eigenvalue weighted by atomic mass is 32.1. The lowest BCUT2D eigenvalue weighted by molar-refractivity contribution is -0.139. The van der Waals surface area contributed by atoms with Gasteiger partial charge in [0.1, 0.15) is 11.8 Å². The van der Waals surface area contributed by atoms with E-state index in [0.29, 0.717) is 22.8 Å². The second-order valence-corrected chi connectivity index (χ2v) is 8.84. The molecule has 1 atom stereocenters. The van der Waals surface area contributed by atoms with Crippen molar-refractivity contribution in [3.8, 4) is 5.75 Å². The third-order valence-electron chi connectivity index (χ3n) is 5.56. The molecule has 2 aromatic rings. The Morgan fingerprint density at radius 3 is 2.55 bits per heavy atom. The maximum Gasteiger partial charge on any atom is 0.261 e. The Hall–Kier alpha value is -3.13. The molecule has 7 nitrogen and oxygen atoms in total. The third-order valence-corrected chi connectivity index (χ3v) is 6.43. The van der Waals surface area contributed by atoms with Gasteiger partial charge in [-0.15, -0.1) is 17.9 Å². The normalized spacial score (nSPS) is 14.3. The van der Waals surface area contributed by atoms with E-state index in [4.69, 9.17) is 4.74 Å². The van der Waals surface area contributed by atoms with Gasteiger partial charge >= 0.3 is 0 Å². The quantitative estimate of drug-likeness (QED) is 0.492. The van der Waals surface area contributed by atoms with Gasteiger partial charge in [-0.2, -0.15) is 0 Å². The Balaban J connectivity index is 1.81. The number of rotatable bonds is 11. The average molecular weight is 470 g/mol. The van der Waals surface area contributed by atoms with E-state index in [1.807, 2.05) is 6.92 Å². The second kappa shape index (κ2) is 12.2. The van der Waals surface area contributed by atoms with Crippen molar-refractivity contribution < 1.29 is 19.1 Å². The second-order valence-electron chi connectivity index (χ2n) is 7.89. The predicted octanol–water partition coefficient (Wildman–Crippen LogP) is 3.69. The van der Waals surface area contributed by atoms with Crippen molar-refractivity contribution in [2.24, 2.45) is 0 Å². The fourth-order valence-electron chi connectivity index (χ4n) is 3.98. The predicted molar refractivity (Wildman–Crippen MR) is 129 cm³/mol. The molecule has 8 heteroatoms. The standard InChI is InChI=1S/C25H31N3O4S/c1-3-15-28(22(29)17-26-24(30)21-10-7-16-33-21)23(25(31)27-19-8-5-6-9-19)18-11-13-20(14-12-18)32-4-2/h3,7,10-14,16,19,23H,1,4-6,8-9,15,17H2,2H3,(H,26,30)(H,27,31)/t23-/m0/s1. The molecule has 2 N–H and O–H groups in total. The van der Waals surface area contributed by atoms with Crippen LogP contribution in [-0.2, 0) is 9.59 Å². The van der Waals surface area contributed by atoms with Gasteiger partial charge in [0.25, 0.3) is 5.91 Å². The van der Waals surface area contributed by atoms with Crippen LogP contribution < -0.4 is 15.4 Å². The van der Waals surface area contributed by atoms with Crippen molar-refractivity contribution in [3.05, 3.63) is 64.9 Å². The van der Waals surface area contributed by atoms with Crippen molar-refractivity contribution in [2.75, 3.05) is 19.7 Å². The number of nitrogens with one attached hydrogen (secondary N) is 2. The molecule has 1 fully saturated rings. The summed E-state index contributed by atoms with van der Waals surface area (Å²) < 4.78 is 5.52. The molecular formula is C25H31N3O4S. The van der Waals surface area contributed by atoms with Crippen molar-refractivity contribution in [1.82, 2.24) is 15.5 Å². The van der Waals surface area contributed by atoms with E-state index in [-0.39, 0.29) is 36.9 Å². The van der Waals surface area contributed by atoms with Crippen molar-refractivity contribution >= 4 is 29.1 Å². The molecule has 0 unspecified atom stereocenters. The van der Waals surface area contributed by atoms with Crippen LogP contribution in [-0.4, -0.2) is 48.4 Å². The van der Waals surface area contributed by atoms with E-state index in [1.54, 1.807) is 47.9 Å². The van der Waals surface area contributed by atoms with Gasteiger partial charge in [0.05, 0.1) is 18.0 Å². The third kappa shape index (κ3) is 6.68. The molecule has 0 aliphatic heterocycles. The molecule has 0 spiro atoms. The Morgan fingerprint density at radius 1 is 1.21 bits per heavy atom. The molecule has 1 saturated carbocycles. The van der Waals surface area contributed by atoms with Gasteiger partial charge in [-0.05, 0) is 48.9 Å². The molecule has 1 aliphatic rings. The average Bonchev–Trinajstić information content (AvgIpc) is 3.53. The van der Waals surface area contributed by atoms with E-state index in [2.05, 4.69) is 17.2 Å². The summed E-state index contributed by atoms with van der Waals surface area (Å²) in [5.41, 5.74) is 0.675. The monoisotopic (exact) mass is 469 g/mol. The lowest BCUT2D eigenvalue weighted by Crippen LogP contribution is -2.48. The molecule has 176 valence electrons. The van der Waals surface area contributed by atoms with Gasteiger partial charge in [-0.25, -0.2) is 0 Å². The highest BCUT2D eigenvalue weighted by Gasteiger charge is 2.32. The summed E-state index contributed by atoms with van der Waals surface area (Å²) in [5, 5.41) is 7.58. The van der Waals surface area contributed by atoms with Gasteiger partial charge in [0.15, 0.2) is 0 Å². The number of carbonyl (C=O) groups excluding carboxylic acids is 3. The van der Waals surface area contributed by atoms with Gasteiger partial charge in [0.2, 0.25) is 11.8 Å². The van der Waals surface area contributed by atoms with Crippen LogP contribution in [0.3, 0.4) is 0 Å². The first kappa shape index (κ1) is 24.5. The summed E-state index contributed by atoms with van der Waals surface area (Å²) in [6, 6.07) is 9.94. The number of hydrogen-bond donors (Lipinski definition) is 2. The Morgan fingerprint density at radius 2 is 1.94 bits per heavy atom. The van der Waals surface area contributed by atoms with Crippen LogP contribution in [0.25, 0.3) is 0 Å². The summed E-state index contributed by atoms with van der Waals surface area (Å²) in [6.45, 7) is 6.16. The maximum absolute atomic E-state index is 13.4. The van der Waals surface area contributed by atoms with E-state index in [1.165, 1.54) is 16.2 Å². The van der Waals surface area contributed by atoms with E-state index < -0.39 is 6.04 Å². The minimum atomic E-state index is -0.842. The zero-order chi connectivity index (χ0) is 23.6. The molecule has 3 amide bonds. The van der Waals surface area contributed by atoms with Crippen molar-refractivity contribution in [2.45, 2.75) is 44.7 Å². The molecule has 1 aromatic heterocycles. The number of hydrogen-bond acceptors (Lipinski definition) is 5. The first-order valence-corrected chi connectivity index (χ1v) is 12.2. The zero-order valence-electron chi connectivity index (χ0n) is 18.9. The number of carbonyl (C=O) groups is 3. The summed E-state index contributed by atoms with van der Waals surface area (Å²) in [7, 11) is 0. The van der Waals surface area contributed by atoms with Gasteiger partial charge in [0, 0.05) is 12.6 Å².